The molecule has 36 heavy (non-hydrogen) atoms. The van der Waals surface area contributed by atoms with Crippen LogP contribution in [0.1, 0.15) is 78.1 Å². The highest BCUT2D eigenvalue weighted by Gasteiger charge is 2.62. The maximum Gasteiger partial charge on any atom is 0.199 e. The van der Waals surface area contributed by atoms with Gasteiger partial charge in [0.15, 0.2) is 11.4 Å². The summed E-state index contributed by atoms with van der Waals surface area (Å²) in [6, 6.07) is 0. The molecule has 0 aliphatic heterocycles. The van der Waals surface area contributed by atoms with E-state index in [1.54, 1.807) is 17.1 Å². The number of aromatic nitrogens is 4. The maximum absolute atomic E-state index is 13.7. The van der Waals surface area contributed by atoms with Crippen molar-refractivity contribution >= 4 is 16.9 Å². The molecule has 0 spiro atoms. The van der Waals surface area contributed by atoms with Crippen LogP contribution in [0.15, 0.2) is 18.6 Å². The number of hydrogen-bond acceptors (Lipinski definition) is 6. The summed E-state index contributed by atoms with van der Waals surface area (Å²) in [5, 5.41) is 15.4. The number of methoxy groups -OCH3 is 1. The number of carbonyl (C=O) groups excluding carboxylic acids is 1. The van der Waals surface area contributed by atoms with Crippen molar-refractivity contribution in [3.05, 3.63) is 18.6 Å². The molecule has 0 radical (unpaired) electrons. The molecule has 2 aromatic heterocycles. The minimum Gasteiger partial charge on any atom is -0.390 e. The lowest BCUT2D eigenvalue weighted by atomic mass is 9.42. The van der Waals surface area contributed by atoms with Crippen LogP contribution in [-0.4, -0.2) is 50.0 Å². The van der Waals surface area contributed by atoms with E-state index in [0.717, 1.165) is 50.6 Å². The summed E-state index contributed by atoms with van der Waals surface area (Å²) < 4.78 is 7.37. The van der Waals surface area contributed by atoms with Crippen molar-refractivity contribution in [1.82, 2.24) is 19.7 Å². The first kappa shape index (κ1) is 24.5. The van der Waals surface area contributed by atoms with E-state index in [9.17, 15) is 9.90 Å². The zero-order chi connectivity index (χ0) is 25.1. The number of nitrogens with zero attached hydrogens (tertiary/aromatic N) is 4. The Labute approximate surface area is 214 Å². The number of ether oxygens (including phenoxy) is 1. The van der Waals surface area contributed by atoms with Crippen LogP contribution in [-0.2, 0) is 16.1 Å². The van der Waals surface area contributed by atoms with Crippen molar-refractivity contribution in [3.8, 4) is 0 Å². The molecular formula is C29H42N4O3. The molecule has 2 heterocycles. The lowest BCUT2D eigenvalue weighted by Gasteiger charge is -2.63. The standard InChI is InChI=1S/C29H42N4O3/c1-27(35)10-11-29(12-15-36-3)19(16-27)4-5-20-21-6-7-23(28(21,2)9-8-22(20)29)25(34)18-33-17-24-26(32-33)31-14-13-30-24/h13-14,17,19-23,35H,4-12,15-16,18H2,1-3H3/t19-,20+,21+,22+,23-,27-,28+,29-/m1/s1. The third-order valence-electron chi connectivity index (χ3n) is 11.3. The Morgan fingerprint density at radius 2 is 1.92 bits per heavy atom. The number of rotatable bonds is 6. The van der Waals surface area contributed by atoms with E-state index in [-0.39, 0.29) is 11.3 Å². The van der Waals surface area contributed by atoms with E-state index in [2.05, 4.69) is 22.0 Å². The van der Waals surface area contributed by atoms with Gasteiger partial charge in [0.1, 0.15) is 5.52 Å². The van der Waals surface area contributed by atoms with E-state index >= 15 is 0 Å². The highest BCUT2D eigenvalue weighted by Crippen LogP contribution is 2.69. The van der Waals surface area contributed by atoms with Gasteiger partial charge in [0, 0.05) is 32.0 Å². The molecule has 4 fully saturated rings. The summed E-state index contributed by atoms with van der Waals surface area (Å²) in [6.07, 6.45) is 16.2. The number of fused-ring (bicyclic) bond motifs is 6. The summed E-state index contributed by atoms with van der Waals surface area (Å²) in [7, 11) is 1.82. The molecule has 196 valence electrons. The fourth-order valence-electron chi connectivity index (χ4n) is 9.71. The lowest BCUT2D eigenvalue weighted by Crippen LogP contribution is -2.57. The number of aliphatic hydroxyl groups is 1. The Kier molecular flexibility index (Phi) is 6.03. The molecule has 1 N–H and O–H groups in total. The van der Waals surface area contributed by atoms with Crippen LogP contribution >= 0.6 is 0 Å². The minimum atomic E-state index is -0.523. The molecule has 8 atom stereocenters. The Balaban J connectivity index is 1.22. The average Bonchev–Trinajstić information content (AvgIpc) is 3.42. The highest BCUT2D eigenvalue weighted by atomic mass is 16.5. The van der Waals surface area contributed by atoms with Gasteiger partial charge in [-0.1, -0.05) is 6.92 Å². The molecule has 4 aliphatic carbocycles. The van der Waals surface area contributed by atoms with Crippen LogP contribution in [0.2, 0.25) is 0 Å². The largest absolute Gasteiger partial charge is 0.390 e. The monoisotopic (exact) mass is 494 g/mol. The van der Waals surface area contributed by atoms with Gasteiger partial charge in [0.25, 0.3) is 0 Å². The van der Waals surface area contributed by atoms with Gasteiger partial charge in [-0.25, -0.2) is 9.97 Å². The van der Waals surface area contributed by atoms with E-state index in [1.165, 1.54) is 25.7 Å². The Morgan fingerprint density at radius 3 is 2.72 bits per heavy atom. The van der Waals surface area contributed by atoms with E-state index in [1.807, 2.05) is 20.2 Å². The number of carbonyl (C=O) groups is 1. The second kappa shape index (κ2) is 8.87. The van der Waals surface area contributed by atoms with Crippen LogP contribution in [0.5, 0.6) is 0 Å². The lowest BCUT2D eigenvalue weighted by molar-refractivity contribution is -0.163. The van der Waals surface area contributed by atoms with Gasteiger partial charge in [-0.15, -0.1) is 0 Å². The van der Waals surface area contributed by atoms with Crippen molar-refractivity contribution in [3.63, 3.8) is 0 Å². The smallest absolute Gasteiger partial charge is 0.199 e. The zero-order valence-corrected chi connectivity index (χ0v) is 22.2. The number of ketones is 1. The molecule has 0 amide bonds. The van der Waals surface area contributed by atoms with E-state index in [0.29, 0.717) is 47.1 Å². The third kappa shape index (κ3) is 3.84. The number of Topliss-reactive ketones (excluding diaryl/α,β-unsaturated/α-hetero) is 1. The predicted molar refractivity (Wildman–Crippen MR) is 137 cm³/mol. The van der Waals surface area contributed by atoms with E-state index < -0.39 is 5.60 Å². The molecule has 0 saturated heterocycles. The molecule has 6 rings (SSSR count). The Hall–Kier alpha value is -1.86. The van der Waals surface area contributed by atoms with Crippen molar-refractivity contribution in [1.29, 1.82) is 0 Å². The van der Waals surface area contributed by atoms with Crippen molar-refractivity contribution in [2.24, 2.45) is 40.4 Å². The fourth-order valence-corrected chi connectivity index (χ4v) is 9.71. The average molecular weight is 495 g/mol. The first-order chi connectivity index (χ1) is 17.3. The van der Waals surface area contributed by atoms with Crippen molar-refractivity contribution < 1.29 is 14.6 Å². The third-order valence-corrected chi connectivity index (χ3v) is 11.3. The van der Waals surface area contributed by atoms with Crippen LogP contribution in [0, 0.1) is 40.4 Å². The van der Waals surface area contributed by atoms with Gasteiger partial charge in [-0.2, -0.15) is 5.10 Å². The molecule has 4 saturated carbocycles. The topological polar surface area (TPSA) is 90.1 Å². The first-order valence-corrected chi connectivity index (χ1v) is 14.1. The Bertz CT molecular complexity index is 1100. The fraction of sp³-hybridized carbons (Fsp3) is 0.793. The summed E-state index contributed by atoms with van der Waals surface area (Å²) in [4.78, 5) is 22.3. The summed E-state index contributed by atoms with van der Waals surface area (Å²) in [5.41, 5.74) is 1.19. The van der Waals surface area contributed by atoms with Crippen LogP contribution < -0.4 is 0 Å². The predicted octanol–water partition coefficient (Wildman–Crippen LogP) is 4.82. The molecule has 2 aromatic rings. The van der Waals surface area contributed by atoms with Crippen molar-refractivity contribution in [2.45, 2.75) is 90.2 Å². The van der Waals surface area contributed by atoms with Crippen LogP contribution in [0.3, 0.4) is 0 Å². The molecule has 4 aliphatic rings. The Morgan fingerprint density at radius 1 is 1.08 bits per heavy atom. The molecule has 0 aromatic carbocycles. The quantitative estimate of drug-likeness (QED) is 0.619. The second-order valence-corrected chi connectivity index (χ2v) is 13.1. The molecular weight excluding hydrogens is 452 g/mol. The van der Waals surface area contributed by atoms with Gasteiger partial charge in [-0.3, -0.25) is 9.48 Å². The van der Waals surface area contributed by atoms with Gasteiger partial charge in [0.05, 0.1) is 18.3 Å². The molecule has 7 heteroatoms. The van der Waals surface area contributed by atoms with Gasteiger partial charge in [0.2, 0.25) is 0 Å². The summed E-state index contributed by atoms with van der Waals surface area (Å²) in [6.45, 7) is 5.59. The highest BCUT2D eigenvalue weighted by molar-refractivity contribution is 5.82. The van der Waals surface area contributed by atoms with Gasteiger partial charge < -0.3 is 9.84 Å². The van der Waals surface area contributed by atoms with Gasteiger partial charge >= 0.3 is 0 Å². The summed E-state index contributed by atoms with van der Waals surface area (Å²) in [5.74, 6) is 3.03. The number of hydrogen-bond donors (Lipinski definition) is 1. The maximum atomic E-state index is 13.7. The molecule has 0 unspecified atom stereocenters. The molecule has 7 nitrogen and oxygen atoms in total. The minimum absolute atomic E-state index is 0.0801. The van der Waals surface area contributed by atoms with Crippen LogP contribution in [0.25, 0.3) is 11.2 Å². The zero-order valence-electron chi connectivity index (χ0n) is 22.2. The first-order valence-electron chi connectivity index (χ1n) is 14.1. The van der Waals surface area contributed by atoms with Gasteiger partial charge in [-0.05, 0) is 106 Å². The molecule has 0 bridgehead atoms. The van der Waals surface area contributed by atoms with Crippen molar-refractivity contribution in [2.75, 3.05) is 13.7 Å². The van der Waals surface area contributed by atoms with E-state index in [4.69, 9.17) is 4.74 Å². The normalized spacial score (nSPS) is 42.1. The summed E-state index contributed by atoms with van der Waals surface area (Å²) >= 11 is 0. The second-order valence-electron chi connectivity index (χ2n) is 13.1. The SMILES string of the molecule is COCC[C@]12CC[C@@](C)(O)C[C@H]1CC[C@H]1[C@@H]3CC[C@H](C(=O)Cn4cc5nccnc5n4)[C@@]3(C)CC[C@@H]12. The van der Waals surface area contributed by atoms with Crippen LogP contribution in [0.4, 0.5) is 0 Å².